The summed E-state index contributed by atoms with van der Waals surface area (Å²) in [5, 5.41) is 4.10. The maximum atomic E-state index is 12.2. The third-order valence-corrected chi connectivity index (χ3v) is 3.21. The molecule has 2 rings (SSSR count). The van der Waals surface area contributed by atoms with Gasteiger partial charge in [0, 0.05) is 26.8 Å². The average Bonchev–Trinajstić information content (AvgIpc) is 2.78. The zero-order chi connectivity index (χ0) is 14.5. The Bertz CT molecular complexity index is 577. The van der Waals surface area contributed by atoms with Crippen LogP contribution in [0.5, 0.6) is 0 Å². The summed E-state index contributed by atoms with van der Waals surface area (Å²) in [4.78, 5) is 13.9. The van der Waals surface area contributed by atoms with Crippen LogP contribution in [0.15, 0.2) is 36.5 Å². The van der Waals surface area contributed by atoms with Crippen molar-refractivity contribution >= 4 is 11.6 Å². The molecule has 0 atom stereocenters. The van der Waals surface area contributed by atoms with Crippen LogP contribution in [0.2, 0.25) is 0 Å². The Morgan fingerprint density at radius 1 is 1.35 bits per heavy atom. The number of hydrogen-bond acceptors (Lipinski definition) is 3. The lowest BCUT2D eigenvalue weighted by molar-refractivity contribution is 0.0788. The van der Waals surface area contributed by atoms with Gasteiger partial charge in [0.2, 0.25) is 0 Å². The number of benzene rings is 1. The molecule has 0 saturated heterocycles. The Balaban J connectivity index is 1.87. The predicted molar refractivity (Wildman–Crippen MR) is 79.3 cm³/mol. The van der Waals surface area contributed by atoms with Gasteiger partial charge in [-0.2, -0.15) is 5.10 Å². The molecule has 0 bridgehead atoms. The summed E-state index contributed by atoms with van der Waals surface area (Å²) in [7, 11) is 3.53. The predicted octanol–water partition coefficient (Wildman–Crippen LogP) is 1.71. The molecule has 106 valence electrons. The van der Waals surface area contributed by atoms with Crippen molar-refractivity contribution in [2.75, 3.05) is 19.3 Å². The molecule has 2 aromatic rings. The summed E-state index contributed by atoms with van der Waals surface area (Å²) in [6.07, 6.45) is 3.51. The molecule has 0 radical (unpaired) electrons. The van der Waals surface area contributed by atoms with Crippen molar-refractivity contribution in [3.05, 3.63) is 47.8 Å². The lowest BCUT2D eigenvalue weighted by Crippen LogP contribution is -2.29. The van der Waals surface area contributed by atoms with Crippen molar-refractivity contribution in [1.29, 1.82) is 0 Å². The smallest absolute Gasteiger partial charge is 0.276 e. The second kappa shape index (κ2) is 6.23. The summed E-state index contributed by atoms with van der Waals surface area (Å²) in [5.74, 6) is -0.129. The summed E-state index contributed by atoms with van der Waals surface area (Å²) < 4.78 is 1.56. The molecule has 5 heteroatoms. The van der Waals surface area contributed by atoms with E-state index in [1.165, 1.54) is 5.56 Å². The average molecular weight is 272 g/mol. The van der Waals surface area contributed by atoms with E-state index in [1.54, 1.807) is 29.9 Å². The Morgan fingerprint density at radius 2 is 2.05 bits per heavy atom. The van der Waals surface area contributed by atoms with Crippen LogP contribution in [0.3, 0.4) is 0 Å². The fourth-order valence-electron chi connectivity index (χ4n) is 2.12. The van der Waals surface area contributed by atoms with Crippen molar-refractivity contribution < 1.29 is 4.79 Å². The van der Waals surface area contributed by atoms with Crippen molar-refractivity contribution in [2.24, 2.45) is 7.05 Å². The van der Waals surface area contributed by atoms with Crippen LogP contribution in [0.4, 0.5) is 5.69 Å². The molecule has 1 amide bonds. The molecule has 1 aromatic heterocycles. The fourth-order valence-corrected chi connectivity index (χ4v) is 2.12. The number of nitrogens with zero attached hydrogens (tertiary/aromatic N) is 3. The minimum atomic E-state index is -0.129. The highest BCUT2D eigenvalue weighted by Crippen LogP contribution is 2.11. The minimum Gasteiger partial charge on any atom is -0.396 e. The zero-order valence-corrected chi connectivity index (χ0v) is 11.9. The van der Waals surface area contributed by atoms with Crippen molar-refractivity contribution in [3.8, 4) is 0 Å². The number of nitrogens with two attached hydrogens (primary N) is 1. The fraction of sp³-hybridized carbons (Fsp3) is 0.333. The van der Waals surface area contributed by atoms with E-state index < -0.39 is 0 Å². The molecule has 1 aromatic carbocycles. The van der Waals surface area contributed by atoms with E-state index in [0.717, 1.165) is 12.8 Å². The van der Waals surface area contributed by atoms with Crippen molar-refractivity contribution in [2.45, 2.75) is 12.8 Å². The molecule has 0 saturated carbocycles. The maximum Gasteiger partial charge on any atom is 0.276 e. The number of aryl methyl sites for hydroxylation is 2. The molecule has 0 aliphatic carbocycles. The molecule has 0 aliphatic rings. The molecule has 0 spiro atoms. The molecule has 5 nitrogen and oxygen atoms in total. The first-order valence-corrected chi connectivity index (χ1v) is 6.66. The third-order valence-electron chi connectivity index (χ3n) is 3.21. The normalized spacial score (nSPS) is 10.5. The summed E-state index contributed by atoms with van der Waals surface area (Å²) in [6.45, 7) is 0.684. The zero-order valence-electron chi connectivity index (χ0n) is 11.9. The first kappa shape index (κ1) is 14.1. The van der Waals surface area contributed by atoms with Crippen molar-refractivity contribution in [3.63, 3.8) is 0 Å². The van der Waals surface area contributed by atoms with Gasteiger partial charge in [0.1, 0.15) is 0 Å². The Labute approximate surface area is 119 Å². The van der Waals surface area contributed by atoms with Crippen LogP contribution >= 0.6 is 0 Å². The van der Waals surface area contributed by atoms with Crippen LogP contribution in [0, 0.1) is 0 Å². The molecule has 0 aliphatic heterocycles. The highest BCUT2D eigenvalue weighted by atomic mass is 16.2. The van der Waals surface area contributed by atoms with E-state index in [-0.39, 0.29) is 5.91 Å². The maximum absolute atomic E-state index is 12.2. The Morgan fingerprint density at radius 3 is 2.65 bits per heavy atom. The summed E-state index contributed by atoms with van der Waals surface area (Å²) in [6, 6.07) is 10.2. The van der Waals surface area contributed by atoms with Crippen LogP contribution < -0.4 is 5.73 Å². The highest BCUT2D eigenvalue weighted by Gasteiger charge is 2.17. The quantitative estimate of drug-likeness (QED) is 0.901. The Kier molecular flexibility index (Phi) is 4.40. The highest BCUT2D eigenvalue weighted by molar-refractivity contribution is 5.96. The van der Waals surface area contributed by atoms with E-state index >= 15 is 0 Å². The van der Waals surface area contributed by atoms with Crippen LogP contribution in [-0.4, -0.2) is 34.2 Å². The van der Waals surface area contributed by atoms with Gasteiger partial charge in [-0.25, -0.2) is 0 Å². The van der Waals surface area contributed by atoms with Gasteiger partial charge in [-0.3, -0.25) is 9.48 Å². The molecule has 0 fully saturated rings. The minimum absolute atomic E-state index is 0.129. The molecular weight excluding hydrogens is 252 g/mol. The summed E-state index contributed by atoms with van der Waals surface area (Å²) in [5.41, 5.74) is 7.80. The van der Waals surface area contributed by atoms with Gasteiger partial charge in [-0.1, -0.05) is 30.3 Å². The number of aromatic nitrogens is 2. The van der Waals surface area contributed by atoms with Crippen LogP contribution in [0.25, 0.3) is 0 Å². The standard InChI is InChI=1S/C15H20N4O/c1-18(10-6-9-12-7-4-3-5-8-12)15(20)14-13(16)11-19(2)17-14/h3-5,7-8,11H,6,9-10,16H2,1-2H3. The van der Waals surface area contributed by atoms with Crippen LogP contribution in [-0.2, 0) is 13.5 Å². The van der Waals surface area contributed by atoms with Gasteiger partial charge in [-0.05, 0) is 18.4 Å². The summed E-state index contributed by atoms with van der Waals surface area (Å²) >= 11 is 0. The first-order valence-electron chi connectivity index (χ1n) is 6.66. The third kappa shape index (κ3) is 3.38. The Hall–Kier alpha value is -2.30. The largest absolute Gasteiger partial charge is 0.396 e. The van der Waals surface area contributed by atoms with E-state index in [9.17, 15) is 4.79 Å². The first-order chi connectivity index (χ1) is 9.58. The SMILES string of the molecule is CN(CCCc1ccccc1)C(=O)c1nn(C)cc1N. The number of rotatable bonds is 5. The number of anilines is 1. The molecule has 2 N–H and O–H groups in total. The number of nitrogen functional groups attached to an aromatic ring is 1. The van der Waals surface area contributed by atoms with E-state index in [2.05, 4.69) is 17.2 Å². The monoisotopic (exact) mass is 272 g/mol. The van der Waals surface area contributed by atoms with Gasteiger partial charge in [0.15, 0.2) is 5.69 Å². The van der Waals surface area contributed by atoms with Crippen LogP contribution in [0.1, 0.15) is 22.5 Å². The lowest BCUT2D eigenvalue weighted by atomic mass is 10.1. The number of carbonyl (C=O) groups excluding carboxylic acids is 1. The number of amides is 1. The molecular formula is C15H20N4O. The van der Waals surface area contributed by atoms with Gasteiger partial charge in [-0.15, -0.1) is 0 Å². The number of hydrogen-bond donors (Lipinski definition) is 1. The van der Waals surface area contributed by atoms with E-state index in [0.29, 0.717) is 17.9 Å². The van der Waals surface area contributed by atoms with Gasteiger partial charge in [0.05, 0.1) is 5.69 Å². The molecule has 0 unspecified atom stereocenters. The lowest BCUT2D eigenvalue weighted by Gasteiger charge is -2.16. The second-order valence-corrected chi connectivity index (χ2v) is 4.92. The second-order valence-electron chi connectivity index (χ2n) is 4.92. The molecule has 1 heterocycles. The van der Waals surface area contributed by atoms with E-state index in [1.807, 2.05) is 18.2 Å². The van der Waals surface area contributed by atoms with Gasteiger partial charge < -0.3 is 10.6 Å². The molecule has 20 heavy (non-hydrogen) atoms. The topological polar surface area (TPSA) is 64.2 Å². The van der Waals surface area contributed by atoms with E-state index in [4.69, 9.17) is 5.73 Å². The van der Waals surface area contributed by atoms with Gasteiger partial charge >= 0.3 is 0 Å². The number of carbonyl (C=O) groups is 1. The van der Waals surface area contributed by atoms with Crippen molar-refractivity contribution in [1.82, 2.24) is 14.7 Å². The van der Waals surface area contributed by atoms with Gasteiger partial charge in [0.25, 0.3) is 5.91 Å².